The zero-order valence-electron chi connectivity index (χ0n) is 12.8. The molecule has 0 amide bonds. The summed E-state index contributed by atoms with van der Waals surface area (Å²) >= 11 is 1.67. The minimum atomic E-state index is 0.562. The van der Waals surface area contributed by atoms with Crippen LogP contribution in [-0.4, -0.2) is 31.8 Å². The van der Waals surface area contributed by atoms with Gasteiger partial charge in [0, 0.05) is 19.0 Å². The van der Waals surface area contributed by atoms with Crippen molar-refractivity contribution in [3.05, 3.63) is 52.0 Å². The minimum absolute atomic E-state index is 0.562. The monoisotopic (exact) mass is 304 g/mol. The van der Waals surface area contributed by atoms with Crippen LogP contribution in [0.15, 0.2) is 35.2 Å². The molecule has 0 fully saturated rings. The van der Waals surface area contributed by atoms with Crippen LogP contribution in [-0.2, 0) is 17.6 Å². The van der Waals surface area contributed by atoms with Gasteiger partial charge in [-0.15, -0.1) is 11.3 Å². The number of nitrogens with one attached hydrogen (secondary N) is 1. The highest BCUT2D eigenvalue weighted by Gasteiger charge is 2.12. The Hall–Kier alpha value is -1.23. The lowest BCUT2D eigenvalue weighted by Crippen LogP contribution is -2.28. The molecule has 1 aromatic carbocycles. The van der Waals surface area contributed by atoms with Gasteiger partial charge in [0.1, 0.15) is 0 Å². The lowest BCUT2D eigenvalue weighted by Gasteiger charge is -2.17. The average molecular weight is 304 g/mol. The van der Waals surface area contributed by atoms with Crippen LogP contribution in [0.5, 0.6) is 0 Å². The fourth-order valence-corrected chi connectivity index (χ4v) is 2.96. The highest BCUT2D eigenvalue weighted by Crippen LogP contribution is 2.15. The van der Waals surface area contributed by atoms with E-state index >= 15 is 0 Å². The van der Waals surface area contributed by atoms with Crippen molar-refractivity contribution < 1.29 is 4.74 Å². The van der Waals surface area contributed by atoms with E-state index in [4.69, 9.17) is 4.74 Å². The zero-order chi connectivity index (χ0) is 14.9. The highest BCUT2D eigenvalue weighted by atomic mass is 32.1. The lowest BCUT2D eigenvalue weighted by atomic mass is 9.94. The van der Waals surface area contributed by atoms with Crippen LogP contribution in [0.4, 0.5) is 0 Å². The van der Waals surface area contributed by atoms with Crippen molar-refractivity contribution in [3.63, 3.8) is 0 Å². The van der Waals surface area contributed by atoms with Crippen molar-refractivity contribution in [1.29, 1.82) is 0 Å². The third kappa shape index (κ3) is 5.96. The predicted octanol–water partition coefficient (Wildman–Crippen LogP) is 3.09. The molecule has 1 heterocycles. The summed E-state index contributed by atoms with van der Waals surface area (Å²) in [7, 11) is 1.74. The molecule has 21 heavy (non-hydrogen) atoms. The van der Waals surface area contributed by atoms with Gasteiger partial charge in [-0.05, 0) is 37.8 Å². The van der Waals surface area contributed by atoms with Gasteiger partial charge in [-0.25, -0.2) is 4.98 Å². The Bertz CT molecular complexity index is 496. The SMILES string of the molecule is COCCNCC(Cc1ccc(C)cc1)Cc1cscn1. The van der Waals surface area contributed by atoms with Crippen molar-refractivity contribution in [3.8, 4) is 0 Å². The van der Waals surface area contributed by atoms with Crippen molar-refractivity contribution >= 4 is 11.3 Å². The molecule has 0 aliphatic carbocycles. The molecule has 2 rings (SSSR count). The quantitative estimate of drug-likeness (QED) is 0.723. The van der Waals surface area contributed by atoms with Crippen LogP contribution in [0, 0.1) is 12.8 Å². The van der Waals surface area contributed by atoms with Gasteiger partial charge in [-0.1, -0.05) is 29.8 Å². The standard InChI is InChI=1S/C17H24N2OS/c1-14-3-5-15(6-4-14)9-16(11-18-7-8-20-2)10-17-12-21-13-19-17/h3-6,12-13,16,18H,7-11H2,1-2H3. The summed E-state index contributed by atoms with van der Waals surface area (Å²) in [5, 5.41) is 5.63. The summed E-state index contributed by atoms with van der Waals surface area (Å²) in [5.74, 6) is 0.562. The molecule has 2 aromatic rings. The van der Waals surface area contributed by atoms with Crippen molar-refractivity contribution in [2.45, 2.75) is 19.8 Å². The number of aromatic nitrogens is 1. The number of nitrogens with zero attached hydrogens (tertiary/aromatic N) is 1. The van der Waals surface area contributed by atoms with Gasteiger partial charge >= 0.3 is 0 Å². The third-order valence-electron chi connectivity index (χ3n) is 3.54. The first-order valence-electron chi connectivity index (χ1n) is 7.40. The maximum atomic E-state index is 5.09. The van der Waals surface area contributed by atoms with E-state index in [0.717, 1.165) is 32.5 Å². The Morgan fingerprint density at radius 3 is 2.71 bits per heavy atom. The molecule has 4 heteroatoms. The average Bonchev–Trinajstić information content (AvgIpc) is 2.99. The third-order valence-corrected chi connectivity index (χ3v) is 4.18. The summed E-state index contributed by atoms with van der Waals surface area (Å²) in [4.78, 5) is 4.42. The Kier molecular flexibility index (Phi) is 6.86. The van der Waals surface area contributed by atoms with E-state index in [2.05, 4.69) is 46.9 Å². The fraction of sp³-hybridized carbons (Fsp3) is 0.471. The van der Waals surface area contributed by atoms with Gasteiger partial charge in [0.05, 0.1) is 17.8 Å². The first-order chi connectivity index (χ1) is 10.3. The van der Waals surface area contributed by atoms with E-state index in [1.165, 1.54) is 16.8 Å². The molecular weight excluding hydrogens is 280 g/mol. The molecule has 1 atom stereocenters. The van der Waals surface area contributed by atoms with E-state index in [1.54, 1.807) is 18.4 Å². The molecule has 0 aliphatic rings. The lowest BCUT2D eigenvalue weighted by molar-refractivity contribution is 0.197. The molecule has 1 aromatic heterocycles. The molecule has 1 N–H and O–H groups in total. The summed E-state index contributed by atoms with van der Waals surface area (Å²) < 4.78 is 5.09. The van der Waals surface area contributed by atoms with E-state index in [1.807, 2.05) is 5.51 Å². The van der Waals surface area contributed by atoms with Crippen LogP contribution in [0.3, 0.4) is 0 Å². The topological polar surface area (TPSA) is 34.1 Å². The Labute approximate surface area is 131 Å². The fourth-order valence-electron chi connectivity index (χ4n) is 2.39. The second-order valence-electron chi connectivity index (χ2n) is 5.44. The maximum absolute atomic E-state index is 5.09. The largest absolute Gasteiger partial charge is 0.383 e. The zero-order valence-corrected chi connectivity index (χ0v) is 13.7. The summed E-state index contributed by atoms with van der Waals surface area (Å²) in [6, 6.07) is 8.85. The molecule has 3 nitrogen and oxygen atoms in total. The van der Waals surface area contributed by atoms with E-state index in [0.29, 0.717) is 5.92 Å². The smallest absolute Gasteiger partial charge is 0.0794 e. The number of hydrogen-bond acceptors (Lipinski definition) is 4. The van der Waals surface area contributed by atoms with Gasteiger partial charge in [0.15, 0.2) is 0 Å². The molecular formula is C17H24N2OS. The maximum Gasteiger partial charge on any atom is 0.0794 e. The van der Waals surface area contributed by atoms with Crippen molar-refractivity contribution in [2.75, 3.05) is 26.8 Å². The molecule has 0 saturated heterocycles. The second kappa shape index (κ2) is 8.93. The summed E-state index contributed by atoms with van der Waals surface area (Å²) in [6.07, 6.45) is 2.11. The molecule has 0 saturated carbocycles. The minimum Gasteiger partial charge on any atom is -0.383 e. The number of aryl methyl sites for hydroxylation is 1. The Balaban J connectivity index is 1.91. The number of benzene rings is 1. The van der Waals surface area contributed by atoms with Crippen molar-refractivity contribution in [1.82, 2.24) is 10.3 Å². The van der Waals surface area contributed by atoms with Crippen LogP contribution < -0.4 is 5.32 Å². The molecule has 114 valence electrons. The van der Waals surface area contributed by atoms with Gasteiger partial charge < -0.3 is 10.1 Å². The number of rotatable bonds is 9. The van der Waals surface area contributed by atoms with Crippen molar-refractivity contribution in [2.24, 2.45) is 5.92 Å². The normalized spacial score (nSPS) is 12.5. The van der Waals surface area contributed by atoms with Gasteiger partial charge in [-0.3, -0.25) is 0 Å². The first-order valence-corrected chi connectivity index (χ1v) is 8.34. The molecule has 0 bridgehead atoms. The molecule has 0 spiro atoms. The van der Waals surface area contributed by atoms with Gasteiger partial charge in [0.25, 0.3) is 0 Å². The van der Waals surface area contributed by atoms with Crippen LogP contribution in [0.25, 0.3) is 0 Å². The van der Waals surface area contributed by atoms with Crippen LogP contribution in [0.2, 0.25) is 0 Å². The van der Waals surface area contributed by atoms with Gasteiger partial charge in [-0.2, -0.15) is 0 Å². The predicted molar refractivity (Wildman–Crippen MR) is 88.9 cm³/mol. The van der Waals surface area contributed by atoms with E-state index in [-0.39, 0.29) is 0 Å². The van der Waals surface area contributed by atoms with Crippen LogP contribution >= 0.6 is 11.3 Å². The number of thiazole rings is 1. The first kappa shape index (κ1) is 16.1. The van der Waals surface area contributed by atoms with Crippen LogP contribution in [0.1, 0.15) is 16.8 Å². The Morgan fingerprint density at radius 2 is 2.05 bits per heavy atom. The number of methoxy groups -OCH3 is 1. The molecule has 0 radical (unpaired) electrons. The summed E-state index contributed by atoms with van der Waals surface area (Å²) in [5.41, 5.74) is 5.82. The number of ether oxygens (including phenoxy) is 1. The Morgan fingerprint density at radius 1 is 1.24 bits per heavy atom. The number of hydrogen-bond donors (Lipinski definition) is 1. The van der Waals surface area contributed by atoms with Gasteiger partial charge in [0.2, 0.25) is 0 Å². The van der Waals surface area contributed by atoms with E-state index < -0.39 is 0 Å². The van der Waals surface area contributed by atoms with E-state index in [9.17, 15) is 0 Å². The highest BCUT2D eigenvalue weighted by molar-refractivity contribution is 7.07. The molecule has 0 aliphatic heterocycles. The summed E-state index contributed by atoms with van der Waals surface area (Å²) in [6.45, 7) is 4.78. The second-order valence-corrected chi connectivity index (χ2v) is 6.16. The molecule has 1 unspecified atom stereocenters.